The van der Waals surface area contributed by atoms with Crippen LogP contribution in [-0.2, 0) is 9.53 Å². The van der Waals surface area contributed by atoms with Gasteiger partial charge in [0, 0.05) is 15.5 Å². The van der Waals surface area contributed by atoms with E-state index in [9.17, 15) is 4.79 Å². The summed E-state index contributed by atoms with van der Waals surface area (Å²) >= 11 is 6.87. The van der Waals surface area contributed by atoms with Crippen LogP contribution in [0.25, 0.3) is 10.4 Å². The Morgan fingerprint density at radius 1 is 1.22 bits per heavy atom. The Bertz CT molecular complexity index is 781. The maximum Gasteiger partial charge on any atom is 0.337 e. The van der Waals surface area contributed by atoms with E-state index in [1.165, 1.54) is 7.11 Å². The summed E-state index contributed by atoms with van der Waals surface area (Å²) in [7, 11) is 1.39. The zero-order valence-electron chi connectivity index (χ0n) is 12.8. The lowest BCUT2D eigenvalue weighted by Crippen LogP contribution is -2.44. The quantitative estimate of drug-likeness (QED) is 0.660. The first-order valence-corrected chi connectivity index (χ1v) is 8.34. The van der Waals surface area contributed by atoms with Crippen LogP contribution in [0, 0.1) is 0 Å². The van der Waals surface area contributed by atoms with Gasteiger partial charge in [-0.2, -0.15) is 0 Å². The van der Waals surface area contributed by atoms with Gasteiger partial charge in [0.2, 0.25) is 0 Å². The third kappa shape index (κ3) is 3.13. The SMILES string of the molecule is COC(=O)C1=C(C)NC(=S)N[C@H]1c1ccc(-c2ccccc2)s1. The number of allylic oxidation sites excluding steroid dienone is 1. The Morgan fingerprint density at radius 2 is 1.96 bits per heavy atom. The lowest BCUT2D eigenvalue weighted by atomic mass is 10.0. The van der Waals surface area contributed by atoms with E-state index in [0.29, 0.717) is 10.7 Å². The lowest BCUT2D eigenvalue weighted by Gasteiger charge is -2.28. The predicted molar refractivity (Wildman–Crippen MR) is 96.1 cm³/mol. The molecule has 6 heteroatoms. The molecule has 2 N–H and O–H groups in total. The Labute approximate surface area is 144 Å². The number of methoxy groups -OCH3 is 1. The summed E-state index contributed by atoms with van der Waals surface area (Å²) in [6, 6.07) is 13.9. The van der Waals surface area contributed by atoms with Crippen LogP contribution in [0.5, 0.6) is 0 Å². The highest BCUT2D eigenvalue weighted by Gasteiger charge is 2.31. The molecule has 118 valence electrons. The van der Waals surface area contributed by atoms with E-state index in [0.717, 1.165) is 21.0 Å². The molecule has 0 bridgehead atoms. The number of thiocarbonyl (C=S) groups is 1. The predicted octanol–water partition coefficient (Wildman–Crippen LogP) is 3.38. The van der Waals surface area contributed by atoms with Gasteiger partial charge in [-0.1, -0.05) is 30.3 Å². The standard InChI is InChI=1S/C17H16N2O2S2/c1-10-14(16(20)21-2)15(19-17(22)18-10)13-9-8-12(23-13)11-6-4-3-5-7-11/h3-9,15H,1-2H3,(H2,18,19,22)/t15-/m0/s1. The summed E-state index contributed by atoms with van der Waals surface area (Å²) in [5, 5.41) is 6.66. The summed E-state index contributed by atoms with van der Waals surface area (Å²) < 4.78 is 4.92. The van der Waals surface area contributed by atoms with Crippen LogP contribution in [0.15, 0.2) is 53.7 Å². The normalized spacial score (nSPS) is 17.5. The van der Waals surface area contributed by atoms with Crippen molar-refractivity contribution in [2.24, 2.45) is 0 Å². The van der Waals surface area contributed by atoms with Gasteiger partial charge in [0.15, 0.2) is 5.11 Å². The fourth-order valence-corrected chi connectivity index (χ4v) is 3.90. The van der Waals surface area contributed by atoms with Gasteiger partial charge in [-0.05, 0) is 36.8 Å². The third-order valence-electron chi connectivity index (χ3n) is 3.64. The molecule has 0 saturated heterocycles. The molecule has 1 aliphatic rings. The molecule has 1 atom stereocenters. The summed E-state index contributed by atoms with van der Waals surface area (Å²) in [6.07, 6.45) is 0. The Kier molecular flexibility index (Phi) is 4.45. The van der Waals surface area contributed by atoms with Crippen LogP contribution in [0.3, 0.4) is 0 Å². The van der Waals surface area contributed by atoms with Crippen molar-refractivity contribution in [3.05, 3.63) is 58.6 Å². The van der Waals surface area contributed by atoms with Crippen molar-refractivity contribution in [1.29, 1.82) is 0 Å². The van der Waals surface area contributed by atoms with Gasteiger partial charge in [-0.25, -0.2) is 4.79 Å². The van der Waals surface area contributed by atoms with Crippen LogP contribution >= 0.6 is 23.6 Å². The third-order valence-corrected chi connectivity index (χ3v) is 5.06. The van der Waals surface area contributed by atoms with E-state index >= 15 is 0 Å². The first-order valence-electron chi connectivity index (χ1n) is 7.12. The van der Waals surface area contributed by atoms with Crippen molar-refractivity contribution in [1.82, 2.24) is 10.6 Å². The van der Waals surface area contributed by atoms with E-state index in [1.54, 1.807) is 11.3 Å². The number of benzene rings is 1. The van der Waals surface area contributed by atoms with Crippen LogP contribution in [0.4, 0.5) is 0 Å². The molecule has 1 aliphatic heterocycles. The molecule has 3 rings (SSSR count). The van der Waals surface area contributed by atoms with E-state index in [4.69, 9.17) is 17.0 Å². The largest absolute Gasteiger partial charge is 0.466 e. The number of carbonyl (C=O) groups excluding carboxylic acids is 1. The number of hydrogen-bond donors (Lipinski definition) is 2. The molecular formula is C17H16N2O2S2. The lowest BCUT2D eigenvalue weighted by molar-refractivity contribution is -0.136. The van der Waals surface area contributed by atoms with Crippen molar-refractivity contribution < 1.29 is 9.53 Å². The highest BCUT2D eigenvalue weighted by Crippen LogP contribution is 2.36. The average molecular weight is 344 g/mol. The van der Waals surface area contributed by atoms with E-state index in [-0.39, 0.29) is 12.0 Å². The molecule has 0 radical (unpaired) electrons. The molecule has 1 aromatic carbocycles. The number of thiophene rings is 1. The first-order chi connectivity index (χ1) is 11.1. The van der Waals surface area contributed by atoms with Crippen molar-refractivity contribution >= 4 is 34.6 Å². The van der Waals surface area contributed by atoms with Crippen molar-refractivity contribution in [2.45, 2.75) is 13.0 Å². The monoisotopic (exact) mass is 344 g/mol. The highest BCUT2D eigenvalue weighted by atomic mass is 32.1. The maximum atomic E-state index is 12.1. The summed E-state index contributed by atoms with van der Waals surface area (Å²) in [4.78, 5) is 14.3. The molecule has 0 spiro atoms. The van der Waals surface area contributed by atoms with E-state index < -0.39 is 0 Å². The smallest absolute Gasteiger partial charge is 0.337 e. The summed E-state index contributed by atoms with van der Waals surface area (Å²) in [6.45, 7) is 1.83. The molecule has 0 fully saturated rings. The van der Waals surface area contributed by atoms with Gasteiger partial charge < -0.3 is 15.4 Å². The van der Waals surface area contributed by atoms with Gasteiger partial charge in [0.1, 0.15) is 0 Å². The van der Waals surface area contributed by atoms with Gasteiger partial charge in [0.05, 0.1) is 18.7 Å². The Morgan fingerprint density at radius 3 is 2.65 bits per heavy atom. The molecule has 0 amide bonds. The van der Waals surface area contributed by atoms with Crippen LogP contribution in [0.1, 0.15) is 17.8 Å². The average Bonchev–Trinajstić information content (AvgIpc) is 3.04. The second kappa shape index (κ2) is 6.52. The van der Waals surface area contributed by atoms with E-state index in [1.807, 2.05) is 31.2 Å². The Balaban J connectivity index is 1.99. The van der Waals surface area contributed by atoms with Crippen LogP contribution in [-0.4, -0.2) is 18.2 Å². The van der Waals surface area contributed by atoms with E-state index in [2.05, 4.69) is 28.8 Å². The molecule has 2 heterocycles. The fraction of sp³-hybridized carbons (Fsp3) is 0.176. The minimum atomic E-state index is -0.357. The summed E-state index contributed by atoms with van der Waals surface area (Å²) in [5.74, 6) is -0.357. The van der Waals surface area contributed by atoms with Crippen molar-refractivity contribution in [3.63, 3.8) is 0 Å². The second-order valence-electron chi connectivity index (χ2n) is 5.13. The maximum absolute atomic E-state index is 12.1. The minimum Gasteiger partial charge on any atom is -0.466 e. The molecule has 1 aromatic heterocycles. The van der Waals surface area contributed by atoms with Crippen LogP contribution in [0.2, 0.25) is 0 Å². The topological polar surface area (TPSA) is 50.4 Å². The Hall–Kier alpha value is -2.18. The van der Waals surface area contributed by atoms with Gasteiger partial charge in [-0.3, -0.25) is 0 Å². The number of rotatable bonds is 3. The number of ether oxygens (including phenoxy) is 1. The van der Waals surface area contributed by atoms with Gasteiger partial charge in [-0.15, -0.1) is 11.3 Å². The van der Waals surface area contributed by atoms with Crippen LogP contribution < -0.4 is 10.6 Å². The second-order valence-corrected chi connectivity index (χ2v) is 6.65. The zero-order valence-corrected chi connectivity index (χ0v) is 14.4. The molecule has 4 nitrogen and oxygen atoms in total. The summed E-state index contributed by atoms with van der Waals surface area (Å²) in [5.41, 5.74) is 2.43. The molecule has 0 saturated carbocycles. The number of carbonyl (C=O) groups is 1. The number of nitrogens with one attached hydrogen (secondary N) is 2. The van der Waals surface area contributed by atoms with Crippen molar-refractivity contribution in [2.75, 3.05) is 7.11 Å². The number of hydrogen-bond acceptors (Lipinski definition) is 4. The molecule has 2 aromatic rings. The molecule has 23 heavy (non-hydrogen) atoms. The molecular weight excluding hydrogens is 328 g/mol. The van der Waals surface area contributed by atoms with Gasteiger partial charge in [0.25, 0.3) is 0 Å². The molecule has 0 unspecified atom stereocenters. The first kappa shape index (κ1) is 15.7. The fourth-order valence-electron chi connectivity index (χ4n) is 2.55. The number of esters is 1. The van der Waals surface area contributed by atoms with Crippen molar-refractivity contribution in [3.8, 4) is 10.4 Å². The van der Waals surface area contributed by atoms with Gasteiger partial charge >= 0.3 is 5.97 Å². The molecule has 0 aliphatic carbocycles. The highest BCUT2D eigenvalue weighted by molar-refractivity contribution is 7.80. The minimum absolute atomic E-state index is 0.293. The zero-order chi connectivity index (χ0) is 16.4.